The fourth-order valence-corrected chi connectivity index (χ4v) is 3.05. The van der Waals surface area contributed by atoms with Crippen LogP contribution < -0.4 is 16.6 Å². The second kappa shape index (κ2) is 5.80. The van der Waals surface area contributed by atoms with Gasteiger partial charge in [-0.3, -0.25) is 19.5 Å². The molecule has 3 rings (SSSR count). The molecule has 22 heavy (non-hydrogen) atoms. The third kappa shape index (κ3) is 2.96. The van der Waals surface area contributed by atoms with Crippen molar-refractivity contribution in [3.05, 3.63) is 34.6 Å². The lowest BCUT2D eigenvalue weighted by molar-refractivity contribution is -0.117. The van der Waals surface area contributed by atoms with E-state index in [0.717, 1.165) is 24.6 Å². The second-order valence-corrected chi connectivity index (χ2v) is 5.96. The van der Waals surface area contributed by atoms with E-state index in [4.69, 9.17) is 5.73 Å². The zero-order chi connectivity index (χ0) is 15.7. The number of carbonyl (C=O) groups is 2. The van der Waals surface area contributed by atoms with Crippen LogP contribution in [0, 0.1) is 0 Å². The first-order chi connectivity index (χ1) is 10.6. The highest BCUT2D eigenvalue weighted by Gasteiger charge is 2.28. The summed E-state index contributed by atoms with van der Waals surface area (Å²) in [5.41, 5.74) is 5.41. The minimum atomic E-state index is -0.892. The molecule has 7 nitrogen and oxygen atoms in total. The largest absolute Gasteiger partial charge is 0.351 e. The van der Waals surface area contributed by atoms with Gasteiger partial charge < -0.3 is 5.73 Å². The van der Waals surface area contributed by atoms with Gasteiger partial charge in [-0.2, -0.15) is 0 Å². The number of rotatable bonds is 4. The summed E-state index contributed by atoms with van der Waals surface area (Å²) in [5, 5.41) is 3.05. The molecule has 3 N–H and O–H groups in total. The maximum Gasteiger partial charge on any atom is 0.318 e. The quantitative estimate of drug-likeness (QED) is 0.646. The molecular weight excluding hydrogens is 304 g/mol. The molecule has 0 aliphatic heterocycles. The number of para-hydroxylation sites is 1. The molecule has 0 saturated heterocycles. The van der Waals surface area contributed by atoms with Gasteiger partial charge in [0.15, 0.2) is 5.16 Å². The number of nitrogens with zero attached hydrogens (tertiary/aromatic N) is 2. The minimum Gasteiger partial charge on any atom is -0.351 e. The van der Waals surface area contributed by atoms with Crippen LogP contribution in [-0.4, -0.2) is 27.2 Å². The smallest absolute Gasteiger partial charge is 0.318 e. The van der Waals surface area contributed by atoms with Crippen molar-refractivity contribution in [3.8, 4) is 0 Å². The summed E-state index contributed by atoms with van der Waals surface area (Å²) < 4.78 is 1.64. The fourth-order valence-electron chi connectivity index (χ4n) is 2.19. The van der Waals surface area contributed by atoms with Gasteiger partial charge in [0.05, 0.1) is 16.7 Å². The van der Waals surface area contributed by atoms with Crippen molar-refractivity contribution in [2.75, 3.05) is 5.75 Å². The molecule has 0 atom stereocenters. The van der Waals surface area contributed by atoms with Crippen LogP contribution in [0.4, 0.5) is 4.79 Å². The predicted molar refractivity (Wildman–Crippen MR) is 82.7 cm³/mol. The number of nitrogens with two attached hydrogens (primary N) is 1. The number of urea groups is 1. The summed E-state index contributed by atoms with van der Waals surface area (Å²) in [4.78, 5) is 39.2. The monoisotopic (exact) mass is 318 g/mol. The predicted octanol–water partition coefficient (Wildman–Crippen LogP) is 1.02. The van der Waals surface area contributed by atoms with Crippen LogP contribution in [0.2, 0.25) is 0 Å². The molecule has 1 aliphatic carbocycles. The molecule has 2 aromatic rings. The van der Waals surface area contributed by atoms with Gasteiger partial charge >= 0.3 is 6.03 Å². The van der Waals surface area contributed by atoms with Crippen molar-refractivity contribution in [1.29, 1.82) is 0 Å². The van der Waals surface area contributed by atoms with Crippen molar-refractivity contribution < 1.29 is 9.59 Å². The first-order valence-electron chi connectivity index (χ1n) is 6.79. The fraction of sp³-hybridized carbons (Fsp3) is 0.286. The van der Waals surface area contributed by atoms with Gasteiger partial charge in [0.2, 0.25) is 5.91 Å². The third-order valence-corrected chi connectivity index (χ3v) is 4.24. The normalized spacial score (nSPS) is 14.0. The first kappa shape index (κ1) is 14.6. The highest BCUT2D eigenvalue weighted by molar-refractivity contribution is 7.99. The van der Waals surface area contributed by atoms with Crippen molar-refractivity contribution in [2.24, 2.45) is 5.73 Å². The molecule has 0 bridgehead atoms. The van der Waals surface area contributed by atoms with Crippen LogP contribution in [-0.2, 0) is 4.79 Å². The summed E-state index contributed by atoms with van der Waals surface area (Å²) in [5.74, 6) is -0.539. The van der Waals surface area contributed by atoms with Crippen LogP contribution >= 0.6 is 11.8 Å². The highest BCUT2D eigenvalue weighted by atomic mass is 32.2. The third-order valence-electron chi connectivity index (χ3n) is 3.28. The molecular formula is C14H14N4O3S. The van der Waals surface area contributed by atoms with Gasteiger partial charge in [0.25, 0.3) is 5.56 Å². The van der Waals surface area contributed by atoms with Crippen molar-refractivity contribution >= 4 is 34.6 Å². The molecule has 114 valence electrons. The molecule has 1 aliphatic rings. The van der Waals surface area contributed by atoms with E-state index in [1.54, 1.807) is 22.8 Å². The van der Waals surface area contributed by atoms with Gasteiger partial charge in [-0.05, 0) is 25.0 Å². The molecule has 1 heterocycles. The number of benzene rings is 1. The van der Waals surface area contributed by atoms with E-state index >= 15 is 0 Å². The van der Waals surface area contributed by atoms with E-state index in [2.05, 4.69) is 4.98 Å². The van der Waals surface area contributed by atoms with Gasteiger partial charge in [-0.25, -0.2) is 9.78 Å². The highest BCUT2D eigenvalue weighted by Crippen LogP contribution is 2.36. The average Bonchev–Trinajstić information content (AvgIpc) is 3.29. The SMILES string of the molecule is NC(=O)NC(=O)CSc1nc2ccccc2c(=O)n1C1CC1. The topological polar surface area (TPSA) is 107 Å². The Morgan fingerprint density at radius 2 is 2.09 bits per heavy atom. The van der Waals surface area contributed by atoms with Crippen LogP contribution in [0.5, 0.6) is 0 Å². The average molecular weight is 318 g/mol. The summed E-state index contributed by atoms with van der Waals surface area (Å²) in [6.45, 7) is 0. The number of amides is 3. The maximum atomic E-state index is 12.6. The summed E-state index contributed by atoms with van der Waals surface area (Å²) >= 11 is 1.13. The molecule has 0 radical (unpaired) electrons. The van der Waals surface area contributed by atoms with Gasteiger partial charge in [-0.1, -0.05) is 23.9 Å². The number of hydrogen-bond acceptors (Lipinski definition) is 5. The number of imide groups is 1. The number of primary amides is 1. The number of thioether (sulfide) groups is 1. The van der Waals surface area contributed by atoms with Crippen LogP contribution in [0.1, 0.15) is 18.9 Å². The van der Waals surface area contributed by atoms with Crippen molar-refractivity contribution in [1.82, 2.24) is 14.9 Å². The molecule has 0 unspecified atom stereocenters. The van der Waals surface area contributed by atoms with E-state index < -0.39 is 11.9 Å². The van der Waals surface area contributed by atoms with E-state index in [0.29, 0.717) is 16.1 Å². The Kier molecular flexibility index (Phi) is 3.84. The number of hydrogen-bond donors (Lipinski definition) is 2. The molecule has 8 heteroatoms. The number of fused-ring (bicyclic) bond motifs is 1. The summed E-state index contributed by atoms with van der Waals surface area (Å²) in [6.07, 6.45) is 1.86. The summed E-state index contributed by atoms with van der Waals surface area (Å²) in [6, 6.07) is 6.38. The summed E-state index contributed by atoms with van der Waals surface area (Å²) in [7, 11) is 0. The van der Waals surface area contributed by atoms with Gasteiger partial charge in [0, 0.05) is 6.04 Å². The van der Waals surface area contributed by atoms with E-state index in [1.165, 1.54) is 0 Å². The molecule has 1 fully saturated rings. The van der Waals surface area contributed by atoms with Crippen molar-refractivity contribution in [3.63, 3.8) is 0 Å². The van der Waals surface area contributed by atoms with E-state index in [1.807, 2.05) is 11.4 Å². The standard InChI is InChI=1S/C14H14N4O3S/c15-13(21)17-11(19)7-22-14-16-10-4-2-1-3-9(10)12(20)18(14)8-5-6-8/h1-4,8H,5-7H2,(H3,15,17,19,21). The minimum absolute atomic E-state index is 0.0273. The lowest BCUT2D eigenvalue weighted by atomic mass is 10.2. The van der Waals surface area contributed by atoms with Crippen LogP contribution in [0.3, 0.4) is 0 Å². The zero-order valence-corrected chi connectivity index (χ0v) is 12.4. The number of aromatic nitrogens is 2. The Morgan fingerprint density at radius 1 is 1.36 bits per heavy atom. The Balaban J connectivity index is 1.94. The van der Waals surface area contributed by atoms with E-state index in [9.17, 15) is 14.4 Å². The Bertz CT molecular complexity index is 813. The van der Waals surface area contributed by atoms with Gasteiger partial charge in [-0.15, -0.1) is 0 Å². The molecule has 1 saturated carbocycles. The second-order valence-electron chi connectivity index (χ2n) is 5.02. The van der Waals surface area contributed by atoms with Crippen molar-refractivity contribution in [2.45, 2.75) is 24.0 Å². The first-order valence-corrected chi connectivity index (χ1v) is 7.78. The number of carbonyl (C=O) groups excluding carboxylic acids is 2. The lowest BCUT2D eigenvalue weighted by Gasteiger charge is -2.11. The Morgan fingerprint density at radius 3 is 2.77 bits per heavy atom. The Hall–Kier alpha value is -2.35. The van der Waals surface area contributed by atoms with E-state index in [-0.39, 0.29) is 17.4 Å². The molecule has 0 spiro atoms. The molecule has 1 aromatic heterocycles. The Labute approximate surface area is 129 Å². The van der Waals surface area contributed by atoms with Crippen LogP contribution in [0.15, 0.2) is 34.2 Å². The van der Waals surface area contributed by atoms with Crippen LogP contribution in [0.25, 0.3) is 10.9 Å². The maximum absolute atomic E-state index is 12.6. The zero-order valence-electron chi connectivity index (χ0n) is 11.6. The molecule has 1 aromatic carbocycles. The van der Waals surface area contributed by atoms with Gasteiger partial charge in [0.1, 0.15) is 0 Å². The lowest BCUT2D eigenvalue weighted by Crippen LogP contribution is -2.36. The molecule has 3 amide bonds. The number of nitrogens with one attached hydrogen (secondary N) is 1.